The number of aromatic carboxylic acids is 1. The SMILES string of the molecule is Cc1nc(Nc2cc(C(=O)O)ccc2Cl)c2cc(C)[nH]c2n1. The van der Waals surface area contributed by atoms with E-state index < -0.39 is 5.97 Å². The number of H-pyrrole nitrogens is 1. The van der Waals surface area contributed by atoms with Crippen molar-refractivity contribution >= 4 is 40.1 Å². The van der Waals surface area contributed by atoms with Crippen LogP contribution < -0.4 is 5.32 Å². The van der Waals surface area contributed by atoms with Gasteiger partial charge in [0.05, 0.1) is 21.7 Å². The number of aromatic amines is 1. The molecule has 0 saturated carbocycles. The molecule has 1 aromatic carbocycles. The van der Waals surface area contributed by atoms with Crippen LogP contribution in [0, 0.1) is 13.8 Å². The summed E-state index contributed by atoms with van der Waals surface area (Å²) in [6.45, 7) is 3.72. The van der Waals surface area contributed by atoms with E-state index >= 15 is 0 Å². The van der Waals surface area contributed by atoms with E-state index in [9.17, 15) is 4.79 Å². The summed E-state index contributed by atoms with van der Waals surface area (Å²) in [6.07, 6.45) is 0. The topological polar surface area (TPSA) is 90.9 Å². The normalized spacial score (nSPS) is 10.9. The number of aromatic nitrogens is 3. The highest BCUT2D eigenvalue weighted by Gasteiger charge is 2.12. The zero-order valence-electron chi connectivity index (χ0n) is 11.9. The molecular weight excluding hydrogens is 304 g/mol. The van der Waals surface area contributed by atoms with Crippen molar-refractivity contribution in [3.8, 4) is 0 Å². The summed E-state index contributed by atoms with van der Waals surface area (Å²) in [6, 6.07) is 6.40. The minimum Gasteiger partial charge on any atom is -0.478 e. The number of rotatable bonds is 3. The molecular formula is C15H13ClN4O2. The predicted molar refractivity (Wildman–Crippen MR) is 85.1 cm³/mol. The second-order valence-corrected chi connectivity index (χ2v) is 5.37. The summed E-state index contributed by atoms with van der Waals surface area (Å²) < 4.78 is 0. The number of carboxylic acids is 1. The van der Waals surface area contributed by atoms with Gasteiger partial charge in [-0.3, -0.25) is 0 Å². The lowest BCUT2D eigenvalue weighted by atomic mass is 10.2. The summed E-state index contributed by atoms with van der Waals surface area (Å²) in [7, 11) is 0. The maximum atomic E-state index is 11.1. The molecule has 0 amide bonds. The highest BCUT2D eigenvalue weighted by Crippen LogP contribution is 2.29. The van der Waals surface area contributed by atoms with Crippen molar-refractivity contribution < 1.29 is 9.90 Å². The van der Waals surface area contributed by atoms with Crippen molar-refractivity contribution in [2.45, 2.75) is 13.8 Å². The molecule has 0 unspecified atom stereocenters. The molecule has 2 heterocycles. The van der Waals surface area contributed by atoms with Gasteiger partial charge in [0.25, 0.3) is 0 Å². The molecule has 2 aromatic heterocycles. The van der Waals surface area contributed by atoms with Crippen molar-refractivity contribution in [3.63, 3.8) is 0 Å². The standard InChI is InChI=1S/C15H13ClN4O2/c1-7-5-10-13(17-7)18-8(2)19-14(10)20-12-6-9(15(21)22)3-4-11(12)16/h3-6H,1-2H3,(H,21,22)(H2,17,18,19,20). The number of nitrogens with one attached hydrogen (secondary N) is 2. The second-order valence-electron chi connectivity index (χ2n) is 4.96. The first-order valence-corrected chi connectivity index (χ1v) is 6.95. The number of carbonyl (C=O) groups is 1. The molecule has 0 spiro atoms. The van der Waals surface area contributed by atoms with Crippen LogP contribution in [0.5, 0.6) is 0 Å². The summed E-state index contributed by atoms with van der Waals surface area (Å²) in [5.74, 6) is 0.167. The average molecular weight is 317 g/mol. The fourth-order valence-electron chi connectivity index (χ4n) is 2.23. The number of fused-ring (bicyclic) bond motifs is 1. The number of nitrogens with zero attached hydrogens (tertiary/aromatic N) is 2. The molecule has 7 heteroatoms. The van der Waals surface area contributed by atoms with Crippen LogP contribution in [-0.2, 0) is 0 Å². The Morgan fingerprint density at radius 3 is 2.77 bits per heavy atom. The van der Waals surface area contributed by atoms with E-state index in [0.717, 1.165) is 16.7 Å². The van der Waals surface area contributed by atoms with Crippen LogP contribution in [0.3, 0.4) is 0 Å². The van der Waals surface area contributed by atoms with Crippen LogP contribution in [0.4, 0.5) is 11.5 Å². The summed E-state index contributed by atoms with van der Waals surface area (Å²) in [5, 5.41) is 13.4. The number of hydrogen-bond acceptors (Lipinski definition) is 4. The van der Waals surface area contributed by atoms with Crippen LogP contribution in [-0.4, -0.2) is 26.0 Å². The molecule has 3 N–H and O–H groups in total. The van der Waals surface area contributed by atoms with Crippen molar-refractivity contribution in [3.05, 3.63) is 46.4 Å². The van der Waals surface area contributed by atoms with Crippen LogP contribution in [0.15, 0.2) is 24.3 Å². The number of anilines is 2. The first-order chi connectivity index (χ1) is 10.4. The molecule has 3 aromatic rings. The third-order valence-electron chi connectivity index (χ3n) is 3.20. The fraction of sp³-hybridized carbons (Fsp3) is 0.133. The van der Waals surface area contributed by atoms with Gasteiger partial charge >= 0.3 is 5.97 Å². The lowest BCUT2D eigenvalue weighted by molar-refractivity contribution is 0.0697. The summed E-state index contributed by atoms with van der Waals surface area (Å²) in [5.41, 5.74) is 2.32. The maximum absolute atomic E-state index is 11.1. The Hall–Kier alpha value is -2.60. The van der Waals surface area contributed by atoms with Gasteiger partial charge in [-0.05, 0) is 38.1 Å². The molecule has 0 bridgehead atoms. The van der Waals surface area contributed by atoms with Crippen molar-refractivity contribution in [2.24, 2.45) is 0 Å². The van der Waals surface area contributed by atoms with Crippen molar-refractivity contribution in [1.82, 2.24) is 15.0 Å². The zero-order chi connectivity index (χ0) is 15.9. The first kappa shape index (κ1) is 14.3. The van der Waals surface area contributed by atoms with Crippen molar-refractivity contribution in [2.75, 3.05) is 5.32 Å². The Labute approximate surface area is 131 Å². The number of halogens is 1. The number of aryl methyl sites for hydroxylation is 2. The van der Waals surface area contributed by atoms with Crippen LogP contribution in [0.2, 0.25) is 5.02 Å². The lowest BCUT2D eigenvalue weighted by Crippen LogP contribution is -2.01. The smallest absolute Gasteiger partial charge is 0.335 e. The molecule has 0 aliphatic rings. The summed E-state index contributed by atoms with van der Waals surface area (Å²) in [4.78, 5) is 22.9. The predicted octanol–water partition coefficient (Wildman–Crippen LogP) is 3.67. The number of benzene rings is 1. The fourth-order valence-corrected chi connectivity index (χ4v) is 2.39. The van der Waals surface area contributed by atoms with Gasteiger partial charge in [-0.25, -0.2) is 14.8 Å². The second kappa shape index (κ2) is 5.31. The molecule has 0 atom stereocenters. The van der Waals surface area contributed by atoms with Gasteiger partial charge in [0.1, 0.15) is 17.3 Å². The van der Waals surface area contributed by atoms with E-state index in [-0.39, 0.29) is 5.56 Å². The Morgan fingerprint density at radius 2 is 2.05 bits per heavy atom. The van der Waals surface area contributed by atoms with Gasteiger partial charge < -0.3 is 15.4 Å². The number of carboxylic acid groups (broad SMARTS) is 1. The molecule has 0 fully saturated rings. The largest absolute Gasteiger partial charge is 0.478 e. The maximum Gasteiger partial charge on any atom is 0.335 e. The van der Waals surface area contributed by atoms with Crippen LogP contribution >= 0.6 is 11.6 Å². The third kappa shape index (κ3) is 2.60. The van der Waals surface area contributed by atoms with Gasteiger partial charge in [-0.2, -0.15) is 0 Å². The summed E-state index contributed by atoms with van der Waals surface area (Å²) >= 11 is 6.14. The molecule has 112 valence electrons. The number of hydrogen-bond donors (Lipinski definition) is 3. The van der Waals surface area contributed by atoms with Gasteiger partial charge in [-0.1, -0.05) is 11.6 Å². The molecule has 0 aliphatic carbocycles. The van der Waals surface area contributed by atoms with E-state index in [2.05, 4.69) is 20.3 Å². The van der Waals surface area contributed by atoms with Crippen molar-refractivity contribution in [1.29, 1.82) is 0 Å². The van der Waals surface area contributed by atoms with E-state index in [1.807, 2.05) is 13.0 Å². The van der Waals surface area contributed by atoms with E-state index in [0.29, 0.717) is 22.4 Å². The van der Waals surface area contributed by atoms with Gasteiger partial charge in [0.15, 0.2) is 0 Å². The monoisotopic (exact) mass is 316 g/mol. The Kier molecular flexibility index (Phi) is 3.46. The minimum absolute atomic E-state index is 0.152. The average Bonchev–Trinajstić information content (AvgIpc) is 2.81. The van der Waals surface area contributed by atoms with Crippen LogP contribution in [0.1, 0.15) is 21.9 Å². The first-order valence-electron chi connectivity index (χ1n) is 6.58. The molecule has 0 saturated heterocycles. The third-order valence-corrected chi connectivity index (χ3v) is 3.53. The molecule has 0 radical (unpaired) electrons. The highest BCUT2D eigenvalue weighted by atomic mass is 35.5. The van der Waals surface area contributed by atoms with E-state index in [1.165, 1.54) is 12.1 Å². The van der Waals surface area contributed by atoms with E-state index in [1.54, 1.807) is 13.0 Å². The van der Waals surface area contributed by atoms with Crippen LogP contribution in [0.25, 0.3) is 11.0 Å². The molecule has 6 nitrogen and oxygen atoms in total. The minimum atomic E-state index is -1.01. The Bertz CT molecular complexity index is 889. The Balaban J connectivity index is 2.10. The molecule has 3 rings (SSSR count). The molecule has 0 aliphatic heterocycles. The van der Waals surface area contributed by atoms with E-state index in [4.69, 9.17) is 16.7 Å². The van der Waals surface area contributed by atoms with Gasteiger partial charge in [-0.15, -0.1) is 0 Å². The highest BCUT2D eigenvalue weighted by molar-refractivity contribution is 6.33. The van der Waals surface area contributed by atoms with Gasteiger partial charge in [0.2, 0.25) is 0 Å². The zero-order valence-corrected chi connectivity index (χ0v) is 12.7. The lowest BCUT2D eigenvalue weighted by Gasteiger charge is -2.10. The molecule has 22 heavy (non-hydrogen) atoms. The quantitative estimate of drug-likeness (QED) is 0.685. The Morgan fingerprint density at radius 1 is 1.27 bits per heavy atom. The van der Waals surface area contributed by atoms with Gasteiger partial charge in [0, 0.05) is 5.69 Å².